The number of aromatic nitrogens is 2. The second kappa shape index (κ2) is 19.6. The van der Waals surface area contributed by atoms with Gasteiger partial charge < -0.3 is 30.5 Å². The number of imide groups is 2. The number of piperazine rings is 1. The zero-order valence-electron chi connectivity index (χ0n) is 40.1. The van der Waals surface area contributed by atoms with E-state index >= 15 is 4.39 Å². The molecule has 1 spiro atoms. The Morgan fingerprint density at radius 2 is 1.69 bits per heavy atom. The molecule has 4 N–H and O–H groups in total. The smallest absolute Gasteiger partial charge is 0.405 e. The van der Waals surface area contributed by atoms with Crippen LogP contribution < -0.4 is 30.9 Å². The van der Waals surface area contributed by atoms with E-state index in [0.717, 1.165) is 75.9 Å². The molecule has 3 saturated heterocycles. The standard InChI is InChI=1S/C26H27F3N6O2.C25H32FN5O4/c27-26(28,29)37-20-4-2-1-3-16(20)10-31-23-32-11-17(9-30)22(35-23)33-13-24-6-15-5-18-21(34-14-36)19(8-24)25(18,7-15)12-24;1-2-28-7-5-16(6-8-28)15-29-9-11-30(12-10-29)21-14-18-17(13-19(21)26)24(34)31(25(18)35)20-3-4-22(32)27-23(20)33/h1-4,11,14-15,18-19,21H,5-8,10,12-13H2,(H,34,36)(H2,31,32,33,35);13-14,16,20H,2-12,15H2,1H3,(H,27,32,33). The Balaban J connectivity index is 0.000000166. The molecule has 0 radical (unpaired) electrons. The van der Waals surface area contributed by atoms with E-state index in [1.54, 1.807) is 6.07 Å². The number of nitrogens with one attached hydrogen (secondary N) is 4. The molecule has 21 heteroatoms. The Morgan fingerprint density at radius 1 is 0.944 bits per heavy atom. The van der Waals surface area contributed by atoms with Crippen LogP contribution in [-0.2, 0) is 20.9 Å². The van der Waals surface area contributed by atoms with Gasteiger partial charge in [0.05, 0.1) is 23.0 Å². The first-order valence-electron chi connectivity index (χ1n) is 25.1. The van der Waals surface area contributed by atoms with Crippen LogP contribution >= 0.6 is 0 Å². The van der Waals surface area contributed by atoms with E-state index < -0.39 is 41.9 Å². The van der Waals surface area contributed by atoms with Gasteiger partial charge in [-0.3, -0.25) is 39.1 Å². The van der Waals surface area contributed by atoms with Gasteiger partial charge >= 0.3 is 6.36 Å². The number of rotatable bonds is 14. The molecule has 7 unspecified atom stereocenters. The average Bonchev–Trinajstić information content (AvgIpc) is 3.84. The van der Waals surface area contributed by atoms with Gasteiger partial charge in [-0.25, -0.2) is 9.37 Å². The summed E-state index contributed by atoms with van der Waals surface area (Å²) in [5.41, 5.74) is 1.44. The van der Waals surface area contributed by atoms with Crippen molar-refractivity contribution in [2.45, 2.75) is 89.7 Å². The first-order chi connectivity index (χ1) is 34.6. The van der Waals surface area contributed by atoms with Crippen molar-refractivity contribution in [1.29, 1.82) is 5.26 Å². The first-order valence-corrected chi connectivity index (χ1v) is 25.1. The largest absolute Gasteiger partial charge is 0.573 e. The number of amides is 5. The summed E-state index contributed by atoms with van der Waals surface area (Å²) in [7, 11) is 0. The van der Waals surface area contributed by atoms with Crippen LogP contribution in [0.25, 0.3) is 0 Å². The molecule has 1 aromatic heterocycles. The minimum absolute atomic E-state index is 0.0138. The summed E-state index contributed by atoms with van der Waals surface area (Å²) >= 11 is 0. The molecule has 7 fully saturated rings. The SMILES string of the molecule is CCN1CCC(CN2CCN(c3cc4c(cc3F)C(=O)N(C3CCC(=O)NC3=O)C4=O)CC2)CC1.N#Cc1cnc(NCc2ccccc2OC(F)(F)F)nc1NCC12CC3CC4C(NC=O)C(C1)C4(C3)C2. The minimum Gasteiger partial charge on any atom is -0.405 e. The van der Waals surface area contributed by atoms with E-state index in [9.17, 15) is 42.4 Å². The molecule has 11 rings (SSSR count). The number of carbonyl (C=O) groups is 5. The highest BCUT2D eigenvalue weighted by Gasteiger charge is 2.74. The van der Waals surface area contributed by atoms with Crippen molar-refractivity contribution in [3.8, 4) is 11.8 Å². The van der Waals surface area contributed by atoms with Gasteiger partial charge in [-0.2, -0.15) is 10.2 Å². The van der Waals surface area contributed by atoms with Crippen LogP contribution in [0.15, 0.2) is 42.6 Å². The number of hydrogen-bond donors (Lipinski definition) is 4. The zero-order chi connectivity index (χ0) is 50.5. The van der Waals surface area contributed by atoms with E-state index in [1.165, 1.54) is 56.1 Å². The maximum atomic E-state index is 15.1. The Kier molecular flexibility index (Phi) is 13.4. The lowest BCUT2D eigenvalue weighted by Gasteiger charge is -2.55. The number of ether oxygens (including phenoxy) is 1. The molecule has 4 aliphatic heterocycles. The Labute approximate surface area is 414 Å². The molecule has 382 valence electrons. The van der Waals surface area contributed by atoms with Crippen LogP contribution in [-0.4, -0.2) is 132 Å². The van der Waals surface area contributed by atoms with Gasteiger partial charge in [-0.15, -0.1) is 13.2 Å². The normalized spacial score (nSPS) is 28.9. The molecule has 2 aromatic carbocycles. The Bertz CT molecular complexity index is 2670. The third-order valence-electron chi connectivity index (χ3n) is 17.0. The number of fused-ring (bicyclic) bond motifs is 3. The number of hydrogen-bond acceptors (Lipinski definition) is 14. The van der Waals surface area contributed by atoms with Crippen LogP contribution in [0.2, 0.25) is 0 Å². The number of benzene rings is 2. The van der Waals surface area contributed by atoms with Crippen LogP contribution in [0, 0.1) is 51.6 Å². The molecule has 3 bridgehead atoms. The third kappa shape index (κ3) is 9.43. The lowest BCUT2D eigenvalue weighted by molar-refractivity contribution is -0.274. The first kappa shape index (κ1) is 49.2. The molecule has 5 amide bonds. The molecule has 17 nitrogen and oxygen atoms in total. The Morgan fingerprint density at radius 3 is 2.40 bits per heavy atom. The van der Waals surface area contributed by atoms with E-state index in [1.807, 2.05) is 4.90 Å². The quantitative estimate of drug-likeness (QED) is 0.0921. The van der Waals surface area contributed by atoms with Gasteiger partial charge in [0.2, 0.25) is 24.2 Å². The van der Waals surface area contributed by atoms with Gasteiger partial charge in [0.25, 0.3) is 11.8 Å². The molecule has 72 heavy (non-hydrogen) atoms. The number of nitrogens with zero attached hydrogens (tertiary/aromatic N) is 7. The third-order valence-corrected chi connectivity index (χ3v) is 17.0. The number of halogens is 4. The minimum atomic E-state index is -4.79. The maximum absolute atomic E-state index is 15.1. The lowest BCUT2D eigenvalue weighted by atomic mass is 9.52. The van der Waals surface area contributed by atoms with E-state index in [2.05, 4.69) is 58.8 Å². The fraction of sp³-hybridized carbons (Fsp3) is 0.569. The topological polar surface area (TPSA) is 205 Å². The average molecular weight is 998 g/mol. The molecule has 8 aliphatic rings. The summed E-state index contributed by atoms with van der Waals surface area (Å²) < 4.78 is 57.4. The number of carbonyl (C=O) groups excluding carboxylic acids is 5. The number of alkyl halides is 3. The summed E-state index contributed by atoms with van der Waals surface area (Å²) in [6.45, 7) is 10.3. The molecule has 4 aliphatic carbocycles. The van der Waals surface area contributed by atoms with Crippen LogP contribution in [0.3, 0.4) is 0 Å². The van der Waals surface area contributed by atoms with Crippen molar-refractivity contribution in [2.75, 3.05) is 74.4 Å². The molecule has 5 heterocycles. The molecule has 3 aromatic rings. The molecular weight excluding hydrogens is 939 g/mol. The second-order valence-corrected chi connectivity index (χ2v) is 21.0. The monoisotopic (exact) mass is 997 g/mol. The van der Waals surface area contributed by atoms with Gasteiger partial charge in [0.1, 0.15) is 35.1 Å². The van der Waals surface area contributed by atoms with Crippen LogP contribution in [0.1, 0.15) is 96.6 Å². The highest BCUT2D eigenvalue weighted by Crippen LogP contribution is 2.78. The number of piperidine rings is 2. The number of likely N-dealkylation sites (tertiary alicyclic amines) is 1. The van der Waals surface area contributed by atoms with Crippen molar-refractivity contribution >= 4 is 47.5 Å². The predicted molar refractivity (Wildman–Crippen MR) is 254 cm³/mol. The highest BCUT2D eigenvalue weighted by molar-refractivity contribution is 6.23. The van der Waals surface area contributed by atoms with Crippen molar-refractivity contribution in [2.24, 2.45) is 34.5 Å². The van der Waals surface area contributed by atoms with Gasteiger partial charge in [-0.05, 0) is 124 Å². The summed E-state index contributed by atoms with van der Waals surface area (Å²) in [5.74, 6) is -0.194. The molecule has 7 atom stereocenters. The summed E-state index contributed by atoms with van der Waals surface area (Å²) in [6.07, 6.45) is 5.75. The fourth-order valence-electron chi connectivity index (χ4n) is 13.9. The van der Waals surface area contributed by atoms with Crippen molar-refractivity contribution in [1.82, 2.24) is 35.3 Å². The van der Waals surface area contributed by atoms with Crippen molar-refractivity contribution in [3.63, 3.8) is 0 Å². The predicted octanol–water partition coefficient (Wildman–Crippen LogP) is 5.29. The number of para-hydroxylation sites is 1. The van der Waals surface area contributed by atoms with Crippen molar-refractivity contribution in [3.05, 3.63) is 70.7 Å². The van der Waals surface area contributed by atoms with Gasteiger partial charge in [-0.1, -0.05) is 25.1 Å². The van der Waals surface area contributed by atoms with Crippen LogP contribution in [0.4, 0.5) is 35.0 Å². The van der Waals surface area contributed by atoms with Crippen LogP contribution in [0.5, 0.6) is 5.75 Å². The number of nitriles is 1. The summed E-state index contributed by atoms with van der Waals surface area (Å²) in [4.78, 5) is 77.2. The summed E-state index contributed by atoms with van der Waals surface area (Å²) in [5, 5.41) is 21.2. The van der Waals surface area contributed by atoms with Gasteiger partial charge in [0, 0.05) is 63.8 Å². The van der Waals surface area contributed by atoms with E-state index in [-0.39, 0.29) is 53.7 Å². The van der Waals surface area contributed by atoms with E-state index in [0.29, 0.717) is 71.4 Å². The molecular formula is C51H59F4N11O6. The number of anilines is 3. The highest BCUT2D eigenvalue weighted by atomic mass is 19.4. The molecule has 4 saturated carbocycles. The second-order valence-electron chi connectivity index (χ2n) is 21.0. The van der Waals surface area contributed by atoms with Gasteiger partial charge in [0.15, 0.2) is 0 Å². The maximum Gasteiger partial charge on any atom is 0.573 e. The summed E-state index contributed by atoms with van der Waals surface area (Å²) in [6, 6.07) is 9.78. The Hall–Kier alpha value is -6.40. The van der Waals surface area contributed by atoms with E-state index in [4.69, 9.17) is 0 Å². The fourth-order valence-corrected chi connectivity index (χ4v) is 13.9. The zero-order valence-corrected chi connectivity index (χ0v) is 40.1. The van der Waals surface area contributed by atoms with Crippen molar-refractivity contribution < 1.29 is 46.3 Å². The lowest BCUT2D eigenvalue weighted by Crippen LogP contribution is -2.60.